The molecule has 0 saturated carbocycles. The van der Waals surface area contributed by atoms with E-state index in [0.29, 0.717) is 17.7 Å². The van der Waals surface area contributed by atoms with Crippen molar-refractivity contribution < 1.29 is 9.21 Å². The molecule has 0 fully saturated rings. The number of hydrogen-bond acceptors (Lipinski definition) is 3. The second kappa shape index (κ2) is 5.04. The molecule has 18 heavy (non-hydrogen) atoms. The molecular formula is C14H15NO3. The zero-order valence-electron chi connectivity index (χ0n) is 10.4. The third-order valence-electron chi connectivity index (χ3n) is 2.71. The second-order valence-electron chi connectivity index (χ2n) is 4.22. The zero-order chi connectivity index (χ0) is 13.1. The lowest BCUT2D eigenvalue weighted by Crippen LogP contribution is -2.24. The van der Waals surface area contributed by atoms with Gasteiger partial charge in [-0.25, -0.2) is 4.79 Å². The van der Waals surface area contributed by atoms with E-state index in [1.54, 1.807) is 6.07 Å². The summed E-state index contributed by atoms with van der Waals surface area (Å²) in [7, 11) is 0. The molecule has 2 rings (SSSR count). The van der Waals surface area contributed by atoms with Crippen LogP contribution in [-0.4, -0.2) is 12.5 Å². The molecular weight excluding hydrogens is 230 g/mol. The summed E-state index contributed by atoms with van der Waals surface area (Å²) in [6.07, 6.45) is 0.193. The molecule has 0 aliphatic heterocycles. The summed E-state index contributed by atoms with van der Waals surface area (Å²) in [4.78, 5) is 23.0. The molecule has 0 unspecified atom stereocenters. The van der Waals surface area contributed by atoms with Crippen molar-refractivity contribution in [1.29, 1.82) is 0 Å². The van der Waals surface area contributed by atoms with E-state index < -0.39 is 5.63 Å². The monoisotopic (exact) mass is 245 g/mol. The topological polar surface area (TPSA) is 59.3 Å². The minimum atomic E-state index is -0.424. The van der Waals surface area contributed by atoms with Crippen LogP contribution in [0.1, 0.15) is 18.1 Å². The van der Waals surface area contributed by atoms with Crippen molar-refractivity contribution in [1.82, 2.24) is 5.32 Å². The number of likely N-dealkylation sites (N-methyl/N-ethyl adjacent to an activating group) is 1. The molecule has 4 nitrogen and oxygen atoms in total. The maximum absolute atomic E-state index is 11.6. The van der Waals surface area contributed by atoms with Crippen LogP contribution in [0.3, 0.4) is 0 Å². The first kappa shape index (κ1) is 12.4. The molecule has 0 bridgehead atoms. The molecule has 4 heteroatoms. The van der Waals surface area contributed by atoms with Crippen molar-refractivity contribution in [3.8, 4) is 0 Å². The quantitative estimate of drug-likeness (QED) is 0.838. The van der Waals surface area contributed by atoms with Gasteiger partial charge < -0.3 is 9.73 Å². The van der Waals surface area contributed by atoms with E-state index in [1.807, 2.05) is 26.0 Å². The molecule has 1 aromatic carbocycles. The summed E-state index contributed by atoms with van der Waals surface area (Å²) in [5.41, 5.74) is 1.82. The van der Waals surface area contributed by atoms with E-state index in [0.717, 1.165) is 10.9 Å². The van der Waals surface area contributed by atoms with E-state index in [4.69, 9.17) is 4.42 Å². The van der Waals surface area contributed by atoms with Crippen molar-refractivity contribution in [2.45, 2.75) is 20.3 Å². The Morgan fingerprint density at radius 2 is 2.11 bits per heavy atom. The van der Waals surface area contributed by atoms with Crippen LogP contribution in [0.25, 0.3) is 11.0 Å². The summed E-state index contributed by atoms with van der Waals surface area (Å²) < 4.78 is 5.14. The highest BCUT2D eigenvalue weighted by atomic mass is 16.4. The number of fused-ring (bicyclic) bond motifs is 1. The number of hydrogen-bond donors (Lipinski definition) is 1. The van der Waals surface area contributed by atoms with Crippen LogP contribution in [0, 0.1) is 6.92 Å². The summed E-state index contributed by atoms with van der Waals surface area (Å²) in [5.74, 6) is -0.0926. The van der Waals surface area contributed by atoms with Crippen molar-refractivity contribution in [3.63, 3.8) is 0 Å². The number of nitrogens with one attached hydrogen (secondary N) is 1. The molecule has 1 heterocycles. The average Bonchev–Trinajstić information content (AvgIpc) is 2.28. The summed E-state index contributed by atoms with van der Waals surface area (Å²) >= 11 is 0. The van der Waals surface area contributed by atoms with Crippen LogP contribution in [0.2, 0.25) is 0 Å². The van der Waals surface area contributed by atoms with E-state index in [1.165, 1.54) is 6.07 Å². The lowest BCUT2D eigenvalue weighted by Gasteiger charge is -2.06. The van der Waals surface area contributed by atoms with Gasteiger partial charge in [0.2, 0.25) is 5.91 Å². The Morgan fingerprint density at radius 1 is 1.33 bits per heavy atom. The summed E-state index contributed by atoms with van der Waals surface area (Å²) in [6.45, 7) is 4.37. The number of carbonyl (C=O) groups excluding carboxylic acids is 1. The molecule has 1 N–H and O–H groups in total. The van der Waals surface area contributed by atoms with Gasteiger partial charge in [-0.3, -0.25) is 4.79 Å². The van der Waals surface area contributed by atoms with Gasteiger partial charge in [-0.15, -0.1) is 0 Å². The lowest BCUT2D eigenvalue weighted by atomic mass is 10.1. The van der Waals surface area contributed by atoms with Crippen LogP contribution < -0.4 is 10.9 Å². The Balaban J connectivity index is 2.49. The zero-order valence-corrected chi connectivity index (χ0v) is 10.4. The van der Waals surface area contributed by atoms with E-state index >= 15 is 0 Å². The molecule has 0 radical (unpaired) electrons. The minimum absolute atomic E-state index is 0.0926. The van der Waals surface area contributed by atoms with Gasteiger partial charge in [0, 0.05) is 18.0 Å². The maximum Gasteiger partial charge on any atom is 0.336 e. The first-order valence-electron chi connectivity index (χ1n) is 5.90. The van der Waals surface area contributed by atoms with Gasteiger partial charge in [0.25, 0.3) is 0 Å². The normalized spacial score (nSPS) is 10.6. The van der Waals surface area contributed by atoms with Crippen molar-refractivity contribution in [2.24, 2.45) is 0 Å². The molecule has 94 valence electrons. The average molecular weight is 245 g/mol. The highest BCUT2D eigenvalue weighted by molar-refractivity contribution is 5.87. The van der Waals surface area contributed by atoms with Crippen molar-refractivity contribution in [2.75, 3.05) is 6.54 Å². The van der Waals surface area contributed by atoms with Gasteiger partial charge in [-0.2, -0.15) is 0 Å². The summed E-state index contributed by atoms with van der Waals surface area (Å²) in [6, 6.07) is 7.00. The fourth-order valence-corrected chi connectivity index (χ4v) is 1.92. The van der Waals surface area contributed by atoms with E-state index in [-0.39, 0.29) is 12.3 Å². The number of rotatable bonds is 3. The van der Waals surface area contributed by atoms with Crippen LogP contribution in [-0.2, 0) is 11.2 Å². The second-order valence-corrected chi connectivity index (χ2v) is 4.22. The maximum atomic E-state index is 11.6. The fraction of sp³-hybridized carbons (Fsp3) is 0.286. The Labute approximate surface area is 105 Å². The van der Waals surface area contributed by atoms with Crippen LogP contribution in [0.5, 0.6) is 0 Å². The SMILES string of the molecule is CCNC(=O)Cc1cc(=O)oc2cc(C)ccc12. The third-order valence-corrected chi connectivity index (χ3v) is 2.71. The highest BCUT2D eigenvalue weighted by Crippen LogP contribution is 2.18. The number of carbonyl (C=O) groups is 1. The molecule has 0 spiro atoms. The van der Waals surface area contributed by atoms with Gasteiger partial charge in [0.05, 0.1) is 6.42 Å². The minimum Gasteiger partial charge on any atom is -0.423 e. The van der Waals surface area contributed by atoms with Gasteiger partial charge in [-0.1, -0.05) is 12.1 Å². The van der Waals surface area contributed by atoms with Crippen molar-refractivity contribution in [3.05, 3.63) is 45.8 Å². The first-order valence-corrected chi connectivity index (χ1v) is 5.90. The number of aryl methyl sites for hydroxylation is 1. The lowest BCUT2D eigenvalue weighted by molar-refractivity contribution is -0.120. The molecule has 0 aliphatic rings. The van der Waals surface area contributed by atoms with Gasteiger partial charge in [-0.05, 0) is 31.0 Å². The van der Waals surface area contributed by atoms with E-state index in [9.17, 15) is 9.59 Å². The fourth-order valence-electron chi connectivity index (χ4n) is 1.92. The Hall–Kier alpha value is -2.10. The molecule has 0 aliphatic carbocycles. The van der Waals surface area contributed by atoms with Crippen molar-refractivity contribution >= 4 is 16.9 Å². The van der Waals surface area contributed by atoms with Gasteiger partial charge >= 0.3 is 5.63 Å². The standard InChI is InChI=1S/C14H15NO3/c1-3-15-13(16)7-10-8-14(17)18-12-6-9(2)4-5-11(10)12/h4-6,8H,3,7H2,1-2H3,(H,15,16). The third kappa shape index (κ3) is 2.59. The Morgan fingerprint density at radius 3 is 2.83 bits per heavy atom. The van der Waals surface area contributed by atoms with Gasteiger partial charge in [0.1, 0.15) is 5.58 Å². The largest absolute Gasteiger partial charge is 0.423 e. The van der Waals surface area contributed by atoms with Crippen LogP contribution >= 0.6 is 0 Å². The van der Waals surface area contributed by atoms with Crippen LogP contribution in [0.4, 0.5) is 0 Å². The Kier molecular flexibility index (Phi) is 3.46. The smallest absolute Gasteiger partial charge is 0.336 e. The first-order chi connectivity index (χ1) is 8.60. The predicted octanol–water partition coefficient (Wildman–Crippen LogP) is 1.78. The molecule has 2 aromatic rings. The number of amides is 1. The number of benzene rings is 1. The summed E-state index contributed by atoms with van der Waals surface area (Å²) in [5, 5.41) is 3.53. The Bertz CT molecular complexity index is 643. The molecule has 0 saturated heterocycles. The predicted molar refractivity (Wildman–Crippen MR) is 69.6 cm³/mol. The van der Waals surface area contributed by atoms with Crippen LogP contribution in [0.15, 0.2) is 33.5 Å². The molecule has 1 amide bonds. The van der Waals surface area contributed by atoms with Gasteiger partial charge in [0.15, 0.2) is 0 Å². The molecule has 1 aromatic heterocycles. The highest BCUT2D eigenvalue weighted by Gasteiger charge is 2.09. The molecule has 0 atom stereocenters. The van der Waals surface area contributed by atoms with E-state index in [2.05, 4.69) is 5.32 Å².